The highest BCUT2D eigenvalue weighted by molar-refractivity contribution is 7.89. The van der Waals surface area contributed by atoms with Crippen LogP contribution >= 0.6 is 0 Å². The Kier molecular flexibility index (Phi) is 6.66. The average molecular weight is 436 g/mol. The Morgan fingerprint density at radius 1 is 1.30 bits per heavy atom. The maximum atomic E-state index is 12.7. The summed E-state index contributed by atoms with van der Waals surface area (Å²) < 4.78 is 34.3. The molecule has 10 nitrogen and oxygen atoms in total. The molecule has 0 amide bonds. The zero-order valence-electron chi connectivity index (χ0n) is 17.1. The number of aliphatic hydroxyl groups excluding tert-OH is 1. The lowest BCUT2D eigenvalue weighted by Gasteiger charge is -2.13. The largest absolute Gasteiger partial charge is 0.395 e. The lowest BCUT2D eigenvalue weighted by atomic mass is 10.0. The Bertz CT molecular complexity index is 1220. The van der Waals surface area contributed by atoms with Crippen molar-refractivity contribution in [3.05, 3.63) is 45.6 Å². The van der Waals surface area contributed by atoms with Gasteiger partial charge < -0.3 is 14.8 Å². The zero-order chi connectivity index (χ0) is 21.9. The third-order valence-corrected chi connectivity index (χ3v) is 6.07. The van der Waals surface area contributed by atoms with E-state index in [1.54, 1.807) is 19.9 Å². The van der Waals surface area contributed by atoms with Gasteiger partial charge in [0.1, 0.15) is 5.82 Å². The fraction of sp³-hybridized carbons (Fsp3) is 0.421. The normalized spacial score (nSPS) is 12.0. The molecule has 0 aliphatic carbocycles. The summed E-state index contributed by atoms with van der Waals surface area (Å²) in [4.78, 5) is 19.7. The second-order valence-electron chi connectivity index (χ2n) is 6.69. The molecule has 2 aromatic heterocycles. The van der Waals surface area contributed by atoms with Crippen molar-refractivity contribution in [1.82, 2.24) is 24.3 Å². The molecule has 162 valence electrons. The van der Waals surface area contributed by atoms with E-state index in [4.69, 9.17) is 9.84 Å². The van der Waals surface area contributed by atoms with Crippen molar-refractivity contribution in [3.63, 3.8) is 0 Å². The van der Waals surface area contributed by atoms with Crippen molar-refractivity contribution >= 4 is 15.5 Å². The van der Waals surface area contributed by atoms with Gasteiger partial charge in [-0.05, 0) is 44.9 Å². The molecule has 0 aliphatic heterocycles. The lowest BCUT2D eigenvalue weighted by molar-refractivity contribution is 0.151. The zero-order valence-corrected chi connectivity index (χ0v) is 17.9. The summed E-state index contributed by atoms with van der Waals surface area (Å²) in [6.07, 6.45) is 0.511. The van der Waals surface area contributed by atoms with Crippen LogP contribution in [-0.2, 0) is 21.2 Å². The Morgan fingerprint density at radius 3 is 2.77 bits per heavy atom. The summed E-state index contributed by atoms with van der Waals surface area (Å²) in [5.41, 5.74) is 1.81. The first kappa shape index (κ1) is 22.1. The van der Waals surface area contributed by atoms with E-state index in [2.05, 4.69) is 19.8 Å². The Balaban J connectivity index is 2.17. The molecule has 0 unspecified atom stereocenters. The van der Waals surface area contributed by atoms with E-state index in [9.17, 15) is 13.2 Å². The topological polar surface area (TPSA) is 139 Å². The fourth-order valence-corrected chi connectivity index (χ4v) is 4.25. The van der Waals surface area contributed by atoms with Gasteiger partial charge in [-0.15, -0.1) is 5.10 Å². The number of benzene rings is 1. The number of nitrogens with one attached hydrogen (secondary N) is 2. The second-order valence-corrected chi connectivity index (χ2v) is 8.46. The number of fused-ring (bicyclic) bond motifs is 1. The molecule has 1 aromatic carbocycles. The van der Waals surface area contributed by atoms with E-state index in [1.807, 2.05) is 6.92 Å². The molecule has 0 saturated heterocycles. The predicted octanol–water partition coefficient (Wildman–Crippen LogP) is 0.551. The van der Waals surface area contributed by atoms with Gasteiger partial charge in [-0.25, -0.2) is 22.6 Å². The van der Waals surface area contributed by atoms with Gasteiger partial charge in [0.15, 0.2) is 11.3 Å². The minimum Gasteiger partial charge on any atom is -0.395 e. The number of aryl methyl sites for hydroxylation is 2. The first-order valence-electron chi connectivity index (χ1n) is 9.56. The van der Waals surface area contributed by atoms with Crippen LogP contribution in [-0.4, -0.2) is 59.5 Å². The van der Waals surface area contributed by atoms with Gasteiger partial charge in [0, 0.05) is 18.7 Å². The SMILES string of the molecule is CCOCCc1ccc(S(=O)(=O)NCCO)cc1-c1nn2c(C)nc(C)c2c(=O)[nH]1. The molecule has 3 N–H and O–H groups in total. The lowest BCUT2D eigenvalue weighted by Crippen LogP contribution is -2.26. The number of ether oxygens (including phenoxy) is 1. The van der Waals surface area contributed by atoms with Crippen molar-refractivity contribution in [3.8, 4) is 11.4 Å². The molecule has 30 heavy (non-hydrogen) atoms. The monoisotopic (exact) mass is 435 g/mol. The standard InChI is InChI=1S/C19H25N5O5S/c1-4-29-10-7-14-5-6-15(30(27,28)20-8-9-25)11-16(14)18-22-19(26)17-12(2)21-13(3)24(17)23-18/h5-6,11,20,25H,4,7-10H2,1-3H3,(H,22,23,26). The number of rotatable bonds is 9. The third-order valence-electron chi connectivity index (χ3n) is 4.61. The minimum atomic E-state index is -3.83. The molecule has 3 aromatic rings. The molecule has 3 rings (SSSR count). The number of hydrogen-bond donors (Lipinski definition) is 3. The first-order valence-corrected chi connectivity index (χ1v) is 11.0. The van der Waals surface area contributed by atoms with E-state index >= 15 is 0 Å². The van der Waals surface area contributed by atoms with Gasteiger partial charge in [0.05, 0.1) is 23.8 Å². The summed E-state index contributed by atoms with van der Waals surface area (Å²) in [7, 11) is -3.83. The van der Waals surface area contributed by atoms with Crippen LogP contribution in [0.1, 0.15) is 24.0 Å². The third kappa shape index (κ3) is 4.43. The summed E-state index contributed by atoms with van der Waals surface area (Å²) >= 11 is 0. The van der Waals surface area contributed by atoms with E-state index in [1.165, 1.54) is 16.6 Å². The number of aromatic amines is 1. The van der Waals surface area contributed by atoms with Gasteiger partial charge in [-0.2, -0.15) is 0 Å². The van der Waals surface area contributed by atoms with Crippen molar-refractivity contribution in [1.29, 1.82) is 0 Å². The van der Waals surface area contributed by atoms with Crippen LogP contribution in [0.5, 0.6) is 0 Å². The number of hydrogen-bond acceptors (Lipinski definition) is 7. The van der Waals surface area contributed by atoms with Crippen LogP contribution < -0.4 is 10.3 Å². The number of aromatic nitrogens is 4. The van der Waals surface area contributed by atoms with Crippen molar-refractivity contribution in [2.24, 2.45) is 0 Å². The van der Waals surface area contributed by atoms with Crippen LogP contribution in [0.4, 0.5) is 0 Å². The molecule has 0 saturated carbocycles. The molecule has 2 heterocycles. The fourth-order valence-electron chi connectivity index (χ4n) is 3.20. The highest BCUT2D eigenvalue weighted by Crippen LogP contribution is 2.25. The van der Waals surface area contributed by atoms with Crippen LogP contribution in [0.15, 0.2) is 27.9 Å². The van der Waals surface area contributed by atoms with E-state index in [-0.39, 0.29) is 29.4 Å². The summed E-state index contributed by atoms with van der Waals surface area (Å²) in [6.45, 7) is 5.94. The Morgan fingerprint density at radius 2 is 2.07 bits per heavy atom. The van der Waals surface area contributed by atoms with Crippen molar-refractivity contribution < 1.29 is 18.3 Å². The molecule has 0 bridgehead atoms. The quantitative estimate of drug-likeness (QED) is 0.417. The van der Waals surface area contributed by atoms with E-state index in [0.717, 1.165) is 5.56 Å². The number of imidazole rings is 1. The van der Waals surface area contributed by atoms with Crippen molar-refractivity contribution in [2.75, 3.05) is 26.4 Å². The molecule has 0 atom stereocenters. The maximum absolute atomic E-state index is 12.7. The number of H-pyrrole nitrogens is 1. The number of nitrogens with zero attached hydrogens (tertiary/aromatic N) is 3. The number of sulfonamides is 1. The molecule has 0 fully saturated rings. The van der Waals surface area contributed by atoms with Gasteiger partial charge in [0.2, 0.25) is 10.0 Å². The Labute approximate surface area is 174 Å². The summed E-state index contributed by atoms with van der Waals surface area (Å²) in [6, 6.07) is 4.62. The molecule has 0 radical (unpaired) electrons. The highest BCUT2D eigenvalue weighted by Gasteiger charge is 2.19. The van der Waals surface area contributed by atoms with Crippen LogP contribution in [0.2, 0.25) is 0 Å². The highest BCUT2D eigenvalue weighted by atomic mass is 32.2. The first-order chi connectivity index (χ1) is 14.3. The minimum absolute atomic E-state index is 0.00684. The maximum Gasteiger partial charge on any atom is 0.277 e. The molecular formula is C19H25N5O5S. The molecule has 0 aliphatic rings. The van der Waals surface area contributed by atoms with Gasteiger partial charge in [0.25, 0.3) is 5.56 Å². The summed E-state index contributed by atoms with van der Waals surface area (Å²) in [5, 5.41) is 13.4. The van der Waals surface area contributed by atoms with Gasteiger partial charge in [-0.3, -0.25) is 4.79 Å². The van der Waals surface area contributed by atoms with Crippen molar-refractivity contribution in [2.45, 2.75) is 32.1 Å². The number of aliphatic hydroxyl groups is 1. The van der Waals surface area contributed by atoms with E-state index in [0.29, 0.717) is 42.2 Å². The van der Waals surface area contributed by atoms with Crippen LogP contribution in [0.25, 0.3) is 16.9 Å². The smallest absolute Gasteiger partial charge is 0.277 e. The van der Waals surface area contributed by atoms with Gasteiger partial charge >= 0.3 is 0 Å². The molecule has 11 heteroatoms. The molecule has 0 spiro atoms. The summed E-state index contributed by atoms with van der Waals surface area (Å²) in [5.74, 6) is 0.790. The molecular weight excluding hydrogens is 410 g/mol. The predicted molar refractivity (Wildman–Crippen MR) is 111 cm³/mol. The Hall–Kier alpha value is -2.60. The van der Waals surface area contributed by atoms with E-state index < -0.39 is 10.0 Å². The van der Waals surface area contributed by atoms with Gasteiger partial charge in [-0.1, -0.05) is 6.07 Å². The average Bonchev–Trinajstić information content (AvgIpc) is 3.00. The second kappa shape index (κ2) is 9.04. The van der Waals surface area contributed by atoms with Crippen LogP contribution in [0, 0.1) is 13.8 Å². The van der Waals surface area contributed by atoms with Crippen LogP contribution in [0.3, 0.4) is 0 Å².